The predicted octanol–water partition coefficient (Wildman–Crippen LogP) is 4.50. The van der Waals surface area contributed by atoms with Crippen molar-refractivity contribution in [2.75, 3.05) is 10.6 Å². The Morgan fingerprint density at radius 3 is 2.46 bits per heavy atom. The molecule has 0 saturated heterocycles. The van der Waals surface area contributed by atoms with Crippen molar-refractivity contribution in [2.45, 2.75) is 32.9 Å². The number of hydrogen-bond donors (Lipinski definition) is 2. The summed E-state index contributed by atoms with van der Waals surface area (Å²) in [6, 6.07) is 12.4. The molecule has 5 nitrogen and oxygen atoms in total. The summed E-state index contributed by atoms with van der Waals surface area (Å²) in [7, 11) is 0. The van der Waals surface area contributed by atoms with Gasteiger partial charge in [0, 0.05) is 36.6 Å². The van der Waals surface area contributed by atoms with Gasteiger partial charge in [-0.15, -0.1) is 0 Å². The second-order valence-corrected chi connectivity index (χ2v) is 6.13. The van der Waals surface area contributed by atoms with Crippen LogP contribution >= 0.6 is 0 Å². The summed E-state index contributed by atoms with van der Waals surface area (Å²) >= 11 is 0. The zero-order valence-electron chi connectivity index (χ0n) is 14.9. The van der Waals surface area contributed by atoms with E-state index in [0.717, 1.165) is 23.2 Å². The SMILES string of the molecule is CC[C@H](C)Nc1nc(NCc2ccc(F)cc2)cc(-c2ccncc2)n1. The minimum Gasteiger partial charge on any atom is -0.366 e. The maximum absolute atomic E-state index is 13.0. The Hall–Kier alpha value is -3.02. The number of nitrogens with zero attached hydrogens (tertiary/aromatic N) is 3. The van der Waals surface area contributed by atoms with Gasteiger partial charge >= 0.3 is 0 Å². The quantitative estimate of drug-likeness (QED) is 0.656. The zero-order valence-corrected chi connectivity index (χ0v) is 14.9. The highest BCUT2D eigenvalue weighted by Crippen LogP contribution is 2.22. The van der Waals surface area contributed by atoms with E-state index in [-0.39, 0.29) is 11.9 Å². The minimum atomic E-state index is -0.240. The van der Waals surface area contributed by atoms with Crippen molar-refractivity contribution in [3.63, 3.8) is 0 Å². The number of rotatable bonds is 7. The van der Waals surface area contributed by atoms with Crippen molar-refractivity contribution < 1.29 is 4.39 Å². The molecule has 3 rings (SSSR count). The molecular formula is C20H22FN5. The lowest BCUT2D eigenvalue weighted by Crippen LogP contribution is -2.16. The molecule has 0 bridgehead atoms. The number of hydrogen-bond acceptors (Lipinski definition) is 5. The van der Waals surface area contributed by atoms with Gasteiger partial charge in [0.05, 0.1) is 5.69 Å². The van der Waals surface area contributed by atoms with Gasteiger partial charge in [0.2, 0.25) is 5.95 Å². The van der Waals surface area contributed by atoms with Gasteiger partial charge in [0.1, 0.15) is 11.6 Å². The molecule has 0 amide bonds. The molecule has 0 aliphatic carbocycles. The summed E-state index contributed by atoms with van der Waals surface area (Å²) in [6.45, 7) is 4.75. The summed E-state index contributed by atoms with van der Waals surface area (Å²) in [5.41, 5.74) is 2.76. The van der Waals surface area contributed by atoms with Crippen LogP contribution in [0.2, 0.25) is 0 Å². The lowest BCUT2D eigenvalue weighted by molar-refractivity contribution is 0.627. The van der Waals surface area contributed by atoms with Gasteiger partial charge in [0.25, 0.3) is 0 Å². The fraction of sp³-hybridized carbons (Fsp3) is 0.250. The minimum absolute atomic E-state index is 0.240. The molecule has 3 aromatic rings. The molecule has 0 saturated carbocycles. The highest BCUT2D eigenvalue weighted by Gasteiger charge is 2.09. The Kier molecular flexibility index (Phi) is 5.73. The maximum atomic E-state index is 13.0. The van der Waals surface area contributed by atoms with Crippen LogP contribution in [0.1, 0.15) is 25.8 Å². The van der Waals surface area contributed by atoms with E-state index >= 15 is 0 Å². The third kappa shape index (κ3) is 4.75. The number of aromatic nitrogens is 3. The molecule has 26 heavy (non-hydrogen) atoms. The Labute approximate surface area is 152 Å². The fourth-order valence-corrected chi connectivity index (χ4v) is 2.39. The van der Waals surface area contributed by atoms with Crippen molar-refractivity contribution in [1.82, 2.24) is 15.0 Å². The van der Waals surface area contributed by atoms with Crippen molar-refractivity contribution in [3.8, 4) is 11.3 Å². The topological polar surface area (TPSA) is 62.7 Å². The van der Waals surface area contributed by atoms with E-state index in [1.807, 2.05) is 18.2 Å². The third-order valence-corrected chi connectivity index (χ3v) is 4.08. The van der Waals surface area contributed by atoms with Crippen LogP contribution in [0.5, 0.6) is 0 Å². The van der Waals surface area contributed by atoms with Crippen LogP contribution in [0.3, 0.4) is 0 Å². The van der Waals surface area contributed by atoms with Crippen molar-refractivity contribution >= 4 is 11.8 Å². The second-order valence-electron chi connectivity index (χ2n) is 6.13. The zero-order chi connectivity index (χ0) is 18.4. The van der Waals surface area contributed by atoms with Gasteiger partial charge < -0.3 is 10.6 Å². The lowest BCUT2D eigenvalue weighted by atomic mass is 10.2. The molecule has 134 valence electrons. The molecule has 6 heteroatoms. The van der Waals surface area contributed by atoms with Gasteiger partial charge in [-0.25, -0.2) is 9.37 Å². The summed E-state index contributed by atoms with van der Waals surface area (Å²) < 4.78 is 13.0. The Bertz CT molecular complexity index is 837. The average Bonchev–Trinajstić information content (AvgIpc) is 2.68. The van der Waals surface area contributed by atoms with Crippen LogP contribution in [0, 0.1) is 5.82 Å². The van der Waals surface area contributed by atoms with Gasteiger partial charge in [-0.3, -0.25) is 4.98 Å². The highest BCUT2D eigenvalue weighted by molar-refractivity contribution is 5.64. The Balaban J connectivity index is 1.85. The van der Waals surface area contributed by atoms with Crippen LogP contribution in [0.4, 0.5) is 16.2 Å². The van der Waals surface area contributed by atoms with E-state index in [9.17, 15) is 4.39 Å². The number of pyridine rings is 1. The number of anilines is 2. The Morgan fingerprint density at radius 1 is 1.04 bits per heavy atom. The van der Waals surface area contributed by atoms with E-state index in [1.165, 1.54) is 12.1 Å². The van der Waals surface area contributed by atoms with Crippen LogP contribution in [-0.2, 0) is 6.54 Å². The highest BCUT2D eigenvalue weighted by atomic mass is 19.1. The lowest BCUT2D eigenvalue weighted by Gasteiger charge is -2.14. The molecular weight excluding hydrogens is 329 g/mol. The normalized spacial score (nSPS) is 11.8. The molecule has 2 N–H and O–H groups in total. The van der Waals surface area contributed by atoms with Gasteiger partial charge in [0.15, 0.2) is 0 Å². The molecule has 0 spiro atoms. The molecule has 0 unspecified atom stereocenters. The molecule has 2 heterocycles. The number of nitrogens with one attached hydrogen (secondary N) is 2. The first kappa shape index (κ1) is 17.8. The summed E-state index contributed by atoms with van der Waals surface area (Å²) in [6.07, 6.45) is 4.46. The molecule has 1 aromatic carbocycles. The largest absolute Gasteiger partial charge is 0.366 e. The molecule has 0 aliphatic rings. The second kappa shape index (κ2) is 8.38. The maximum Gasteiger partial charge on any atom is 0.225 e. The number of benzene rings is 1. The Morgan fingerprint density at radius 2 is 1.77 bits per heavy atom. The smallest absolute Gasteiger partial charge is 0.225 e. The van der Waals surface area contributed by atoms with Gasteiger partial charge in [-0.2, -0.15) is 4.98 Å². The molecule has 2 aromatic heterocycles. The van der Waals surface area contributed by atoms with Crippen LogP contribution in [-0.4, -0.2) is 21.0 Å². The first-order chi connectivity index (χ1) is 12.6. The number of halogens is 1. The van der Waals surface area contributed by atoms with Gasteiger partial charge in [-0.1, -0.05) is 19.1 Å². The van der Waals surface area contributed by atoms with E-state index in [4.69, 9.17) is 0 Å². The van der Waals surface area contributed by atoms with Crippen molar-refractivity contribution in [1.29, 1.82) is 0 Å². The first-order valence-corrected chi connectivity index (χ1v) is 8.68. The average molecular weight is 351 g/mol. The molecule has 0 radical (unpaired) electrons. The van der Waals surface area contributed by atoms with E-state index < -0.39 is 0 Å². The standard InChI is InChI=1S/C20H22FN5/c1-3-14(2)24-20-25-18(16-8-10-22-11-9-16)12-19(26-20)23-13-15-4-6-17(21)7-5-15/h4-12,14H,3,13H2,1-2H3,(H2,23,24,25,26)/t14-/m0/s1. The van der Waals surface area contributed by atoms with E-state index in [2.05, 4.69) is 39.4 Å². The monoisotopic (exact) mass is 351 g/mol. The van der Waals surface area contributed by atoms with Crippen LogP contribution < -0.4 is 10.6 Å². The van der Waals surface area contributed by atoms with Crippen LogP contribution in [0.25, 0.3) is 11.3 Å². The van der Waals surface area contributed by atoms with Crippen molar-refractivity contribution in [3.05, 3.63) is 66.2 Å². The van der Waals surface area contributed by atoms with Gasteiger partial charge in [-0.05, 0) is 43.2 Å². The summed E-state index contributed by atoms with van der Waals surface area (Å²) in [5.74, 6) is 1.05. The molecule has 1 atom stereocenters. The first-order valence-electron chi connectivity index (χ1n) is 8.68. The van der Waals surface area contributed by atoms with E-state index in [1.54, 1.807) is 24.5 Å². The summed E-state index contributed by atoms with van der Waals surface area (Å²) in [5, 5.41) is 6.61. The fourth-order valence-electron chi connectivity index (χ4n) is 2.39. The molecule has 0 fully saturated rings. The summed E-state index contributed by atoms with van der Waals surface area (Å²) in [4.78, 5) is 13.2. The van der Waals surface area contributed by atoms with Crippen LogP contribution in [0.15, 0.2) is 54.9 Å². The van der Waals surface area contributed by atoms with E-state index in [0.29, 0.717) is 18.3 Å². The third-order valence-electron chi connectivity index (χ3n) is 4.08. The predicted molar refractivity (Wildman–Crippen MR) is 102 cm³/mol. The molecule has 0 aliphatic heterocycles. The van der Waals surface area contributed by atoms with Crippen molar-refractivity contribution in [2.24, 2.45) is 0 Å².